The van der Waals surface area contributed by atoms with Crippen molar-refractivity contribution in [3.63, 3.8) is 0 Å². The van der Waals surface area contributed by atoms with Gasteiger partial charge in [-0.05, 0) is 48.6 Å². The molecule has 0 spiro atoms. The lowest BCUT2D eigenvalue weighted by molar-refractivity contribution is 0.863. The molecule has 7 nitrogen and oxygen atoms in total. The summed E-state index contributed by atoms with van der Waals surface area (Å²) in [6, 6.07) is 12.9. The van der Waals surface area contributed by atoms with Crippen LogP contribution in [0.5, 0.6) is 0 Å². The summed E-state index contributed by atoms with van der Waals surface area (Å²) in [5, 5.41) is 17.7. The van der Waals surface area contributed by atoms with Gasteiger partial charge in [0.25, 0.3) is 5.56 Å². The number of pyridine rings is 2. The molecule has 0 unspecified atom stereocenters. The predicted octanol–water partition coefficient (Wildman–Crippen LogP) is 4.65. The quantitative estimate of drug-likeness (QED) is 0.456. The summed E-state index contributed by atoms with van der Waals surface area (Å²) in [5.74, 6) is 1.58. The molecule has 1 saturated carbocycles. The lowest BCUT2D eigenvalue weighted by Crippen LogP contribution is -2.15. The largest absolute Gasteiger partial charge is 0.370 e. The minimum Gasteiger partial charge on any atom is -0.370 e. The number of hydrogen-bond acceptors (Lipinski definition) is 5. The highest BCUT2D eigenvalue weighted by atomic mass is 35.5. The van der Waals surface area contributed by atoms with Crippen LogP contribution in [0.4, 0.5) is 5.82 Å². The first-order chi connectivity index (χ1) is 16.0. The van der Waals surface area contributed by atoms with Crippen LogP contribution in [0.15, 0.2) is 66.0 Å². The van der Waals surface area contributed by atoms with Gasteiger partial charge in [-0.1, -0.05) is 17.7 Å². The molecule has 8 heteroatoms. The smallest absolute Gasteiger partial charge is 0.250 e. The second-order valence-corrected chi connectivity index (χ2v) is 8.63. The van der Waals surface area contributed by atoms with Gasteiger partial charge in [0.15, 0.2) is 0 Å². The van der Waals surface area contributed by atoms with Crippen molar-refractivity contribution in [2.45, 2.75) is 12.8 Å². The van der Waals surface area contributed by atoms with Crippen LogP contribution in [0, 0.1) is 17.2 Å². The molecule has 164 valence electrons. The molecule has 33 heavy (non-hydrogen) atoms. The Morgan fingerprint density at radius 2 is 2.00 bits per heavy atom. The fourth-order valence-electron chi connectivity index (χ4n) is 3.74. The van der Waals surface area contributed by atoms with E-state index in [1.54, 1.807) is 54.6 Å². The summed E-state index contributed by atoms with van der Waals surface area (Å²) in [6.45, 7) is 0.941. The van der Waals surface area contributed by atoms with Crippen LogP contribution >= 0.6 is 11.6 Å². The number of benzene rings is 1. The number of hydrogen-bond donors (Lipinski definition) is 1. The van der Waals surface area contributed by atoms with Crippen LogP contribution in [-0.4, -0.2) is 25.9 Å². The van der Waals surface area contributed by atoms with Crippen LogP contribution in [0.3, 0.4) is 0 Å². The summed E-state index contributed by atoms with van der Waals surface area (Å²) in [7, 11) is 1.72. The first-order valence-corrected chi connectivity index (χ1v) is 11.1. The molecule has 1 aliphatic carbocycles. The van der Waals surface area contributed by atoms with Crippen molar-refractivity contribution in [3.05, 3.63) is 82.1 Å². The van der Waals surface area contributed by atoms with E-state index < -0.39 is 0 Å². The summed E-state index contributed by atoms with van der Waals surface area (Å²) in [6.07, 6.45) is 9.67. The highest BCUT2D eigenvalue weighted by molar-refractivity contribution is 6.32. The van der Waals surface area contributed by atoms with Crippen molar-refractivity contribution in [1.82, 2.24) is 19.3 Å². The van der Waals surface area contributed by atoms with Gasteiger partial charge in [-0.3, -0.25) is 4.79 Å². The minimum atomic E-state index is -0.112. The monoisotopic (exact) mass is 456 g/mol. The molecule has 1 aliphatic rings. The fraction of sp³-hybridized carbons (Fsp3) is 0.200. The Bertz CT molecular complexity index is 1430. The number of rotatable bonds is 6. The second-order valence-electron chi connectivity index (χ2n) is 8.23. The van der Waals surface area contributed by atoms with Gasteiger partial charge in [-0.2, -0.15) is 10.4 Å². The van der Waals surface area contributed by atoms with Crippen LogP contribution in [0.1, 0.15) is 18.4 Å². The van der Waals surface area contributed by atoms with Gasteiger partial charge < -0.3 is 9.88 Å². The Labute approximate surface area is 195 Å². The number of nitriles is 1. The molecule has 0 saturated heterocycles. The standard InChI is InChI=1S/C25H21ClN6O/c1-31-15-21(18-13-30-32(14-18)23-4-2-3-22(26)20(23)10-27)19(9-25(31)33)17-7-8-24(29-12-17)28-11-16-5-6-16/h2-4,7-9,12-16H,5-6,11H2,1H3,(H,28,29). The summed E-state index contributed by atoms with van der Waals surface area (Å²) >= 11 is 6.19. The van der Waals surface area contributed by atoms with Crippen LogP contribution in [-0.2, 0) is 7.05 Å². The van der Waals surface area contributed by atoms with Gasteiger partial charge in [0.05, 0.1) is 22.5 Å². The van der Waals surface area contributed by atoms with Gasteiger partial charge in [-0.25, -0.2) is 9.67 Å². The molecule has 0 aliphatic heterocycles. The van der Waals surface area contributed by atoms with Gasteiger partial charge in [-0.15, -0.1) is 0 Å². The van der Waals surface area contributed by atoms with Crippen LogP contribution in [0.25, 0.3) is 27.9 Å². The van der Waals surface area contributed by atoms with E-state index in [2.05, 4.69) is 21.5 Å². The molecule has 0 atom stereocenters. The molecule has 1 aromatic carbocycles. The third kappa shape index (κ3) is 4.26. The molecule has 1 N–H and O–H groups in total. The highest BCUT2D eigenvalue weighted by Crippen LogP contribution is 2.32. The number of nitrogens with one attached hydrogen (secondary N) is 1. The zero-order chi connectivity index (χ0) is 22.9. The lowest BCUT2D eigenvalue weighted by atomic mass is 9.99. The van der Waals surface area contributed by atoms with Crippen LogP contribution < -0.4 is 10.9 Å². The average Bonchev–Trinajstić information content (AvgIpc) is 3.53. The number of nitrogens with zero attached hydrogens (tertiary/aromatic N) is 5. The van der Waals surface area contributed by atoms with Crippen molar-refractivity contribution in [2.24, 2.45) is 13.0 Å². The SMILES string of the molecule is Cn1cc(-c2cnn(-c3cccc(Cl)c3C#N)c2)c(-c2ccc(NCC3CC3)nc2)cc1=O. The third-order valence-corrected chi connectivity index (χ3v) is 6.13. The topological polar surface area (TPSA) is 88.5 Å². The van der Waals surface area contributed by atoms with E-state index >= 15 is 0 Å². The van der Waals surface area contributed by atoms with Gasteiger partial charge in [0.2, 0.25) is 0 Å². The molecule has 5 rings (SSSR count). The van der Waals surface area contributed by atoms with E-state index in [4.69, 9.17) is 11.6 Å². The van der Waals surface area contributed by atoms with Crippen molar-refractivity contribution in [3.8, 4) is 34.0 Å². The Morgan fingerprint density at radius 3 is 2.73 bits per heavy atom. The highest BCUT2D eigenvalue weighted by Gasteiger charge is 2.21. The van der Waals surface area contributed by atoms with Crippen molar-refractivity contribution in [1.29, 1.82) is 5.26 Å². The molecule has 3 aromatic heterocycles. The van der Waals surface area contributed by atoms with E-state index in [1.165, 1.54) is 17.4 Å². The Hall–Kier alpha value is -3.89. The maximum absolute atomic E-state index is 12.5. The summed E-state index contributed by atoms with van der Waals surface area (Å²) in [4.78, 5) is 17.0. The molecular formula is C25H21ClN6O. The molecule has 0 bridgehead atoms. The number of aryl methyl sites for hydroxylation is 1. The Balaban J connectivity index is 1.53. The molecule has 0 radical (unpaired) electrons. The van der Waals surface area contributed by atoms with Crippen LogP contribution in [0.2, 0.25) is 5.02 Å². The number of aromatic nitrogens is 4. The minimum absolute atomic E-state index is 0.112. The maximum atomic E-state index is 12.5. The van der Waals surface area contributed by atoms with E-state index in [-0.39, 0.29) is 5.56 Å². The van der Waals surface area contributed by atoms with E-state index in [0.717, 1.165) is 40.5 Å². The normalized spacial score (nSPS) is 13.0. The molecule has 0 amide bonds. The predicted molar refractivity (Wildman–Crippen MR) is 128 cm³/mol. The lowest BCUT2D eigenvalue weighted by Gasteiger charge is -2.11. The first kappa shape index (κ1) is 21.0. The zero-order valence-electron chi connectivity index (χ0n) is 18.0. The molecule has 3 heterocycles. The maximum Gasteiger partial charge on any atom is 0.250 e. The van der Waals surface area contributed by atoms with E-state index in [9.17, 15) is 10.1 Å². The molecular weight excluding hydrogens is 436 g/mol. The Kier molecular flexibility index (Phi) is 5.45. The summed E-state index contributed by atoms with van der Waals surface area (Å²) < 4.78 is 3.16. The van der Waals surface area contributed by atoms with Gasteiger partial charge in [0, 0.05) is 54.9 Å². The van der Waals surface area contributed by atoms with Crippen molar-refractivity contribution < 1.29 is 0 Å². The van der Waals surface area contributed by atoms with Crippen molar-refractivity contribution >= 4 is 17.4 Å². The number of halogens is 1. The molecule has 1 fully saturated rings. The van der Waals surface area contributed by atoms with Gasteiger partial charge >= 0.3 is 0 Å². The average molecular weight is 457 g/mol. The Morgan fingerprint density at radius 1 is 1.15 bits per heavy atom. The zero-order valence-corrected chi connectivity index (χ0v) is 18.8. The fourth-order valence-corrected chi connectivity index (χ4v) is 3.95. The first-order valence-electron chi connectivity index (χ1n) is 10.7. The van der Waals surface area contributed by atoms with E-state index in [0.29, 0.717) is 16.3 Å². The van der Waals surface area contributed by atoms with Crippen molar-refractivity contribution in [2.75, 3.05) is 11.9 Å². The van der Waals surface area contributed by atoms with E-state index in [1.807, 2.05) is 18.3 Å². The third-order valence-electron chi connectivity index (χ3n) is 5.82. The second kappa shape index (κ2) is 8.57. The number of anilines is 1. The van der Waals surface area contributed by atoms with Gasteiger partial charge in [0.1, 0.15) is 11.9 Å². The summed E-state index contributed by atoms with van der Waals surface area (Å²) in [5.41, 5.74) is 4.09. The molecule has 4 aromatic rings.